The molecular formula is C16H20N2O4. The molecule has 0 heterocycles. The standard InChI is InChI=1S/C16H20N2O4/c17-15(22)16(6-1-2-7-16)10-18-13(19)9-11-4-3-5-12(8-11)14(20)21/h3-5,8H,1-2,6-7,9-10H2,(H2,17,22)(H,18,19)(H,20,21). The van der Waals surface area contributed by atoms with Crippen LogP contribution >= 0.6 is 0 Å². The molecule has 1 fully saturated rings. The van der Waals surface area contributed by atoms with E-state index in [4.69, 9.17) is 10.8 Å². The van der Waals surface area contributed by atoms with Crippen LogP contribution in [-0.2, 0) is 16.0 Å². The number of nitrogens with two attached hydrogens (primary N) is 1. The number of hydrogen-bond acceptors (Lipinski definition) is 3. The van der Waals surface area contributed by atoms with E-state index in [1.165, 1.54) is 12.1 Å². The lowest BCUT2D eigenvalue weighted by Gasteiger charge is -2.25. The zero-order chi connectivity index (χ0) is 16.2. The van der Waals surface area contributed by atoms with Crippen molar-refractivity contribution in [3.63, 3.8) is 0 Å². The third-order valence-corrected chi connectivity index (χ3v) is 4.25. The molecule has 22 heavy (non-hydrogen) atoms. The van der Waals surface area contributed by atoms with E-state index in [9.17, 15) is 14.4 Å². The van der Waals surface area contributed by atoms with Crippen LogP contribution in [0.1, 0.15) is 41.6 Å². The van der Waals surface area contributed by atoms with Gasteiger partial charge < -0.3 is 16.2 Å². The minimum atomic E-state index is -1.03. The normalized spacial score (nSPS) is 16.2. The summed E-state index contributed by atoms with van der Waals surface area (Å²) in [5, 5.41) is 11.7. The molecule has 0 aromatic heterocycles. The number of amides is 2. The van der Waals surface area contributed by atoms with Gasteiger partial charge in [-0.1, -0.05) is 25.0 Å². The monoisotopic (exact) mass is 304 g/mol. The summed E-state index contributed by atoms with van der Waals surface area (Å²) < 4.78 is 0. The predicted octanol–water partition coefficient (Wildman–Crippen LogP) is 1.09. The molecule has 0 atom stereocenters. The minimum absolute atomic E-state index is 0.0793. The fraction of sp³-hybridized carbons (Fsp3) is 0.438. The van der Waals surface area contributed by atoms with Gasteiger partial charge in [0, 0.05) is 6.54 Å². The first-order chi connectivity index (χ1) is 10.4. The molecule has 1 aromatic carbocycles. The van der Waals surface area contributed by atoms with Crippen molar-refractivity contribution < 1.29 is 19.5 Å². The third kappa shape index (κ3) is 3.63. The fourth-order valence-corrected chi connectivity index (χ4v) is 2.89. The second kappa shape index (κ2) is 6.60. The van der Waals surface area contributed by atoms with Crippen molar-refractivity contribution in [1.29, 1.82) is 0 Å². The molecular weight excluding hydrogens is 284 g/mol. The number of primary amides is 1. The molecule has 0 saturated heterocycles. The zero-order valence-electron chi connectivity index (χ0n) is 12.3. The van der Waals surface area contributed by atoms with Crippen molar-refractivity contribution in [2.24, 2.45) is 11.1 Å². The maximum absolute atomic E-state index is 12.0. The number of carboxylic acid groups (broad SMARTS) is 1. The molecule has 118 valence electrons. The van der Waals surface area contributed by atoms with Crippen LogP contribution in [0, 0.1) is 5.41 Å². The number of nitrogens with one attached hydrogen (secondary N) is 1. The molecule has 0 unspecified atom stereocenters. The summed E-state index contributed by atoms with van der Waals surface area (Å²) in [4.78, 5) is 34.5. The van der Waals surface area contributed by atoms with E-state index in [0.29, 0.717) is 18.4 Å². The Balaban J connectivity index is 1.94. The van der Waals surface area contributed by atoms with Crippen molar-refractivity contribution in [2.45, 2.75) is 32.1 Å². The lowest BCUT2D eigenvalue weighted by atomic mass is 9.85. The van der Waals surface area contributed by atoms with E-state index in [1.807, 2.05) is 0 Å². The zero-order valence-corrected chi connectivity index (χ0v) is 12.3. The number of aromatic carboxylic acids is 1. The molecule has 0 spiro atoms. The van der Waals surface area contributed by atoms with Crippen molar-refractivity contribution in [2.75, 3.05) is 6.54 Å². The molecule has 6 nitrogen and oxygen atoms in total. The van der Waals surface area contributed by atoms with Crippen molar-refractivity contribution >= 4 is 17.8 Å². The van der Waals surface area contributed by atoms with E-state index in [2.05, 4.69) is 5.32 Å². The smallest absolute Gasteiger partial charge is 0.335 e. The van der Waals surface area contributed by atoms with Crippen LogP contribution in [0.5, 0.6) is 0 Å². The Morgan fingerprint density at radius 1 is 1.23 bits per heavy atom. The Labute approximate surface area is 128 Å². The van der Waals surface area contributed by atoms with Gasteiger partial charge in [0.15, 0.2) is 0 Å². The summed E-state index contributed by atoms with van der Waals surface area (Å²) >= 11 is 0. The number of rotatable bonds is 6. The maximum atomic E-state index is 12.0. The fourth-order valence-electron chi connectivity index (χ4n) is 2.89. The van der Waals surface area contributed by atoms with E-state index >= 15 is 0 Å². The topological polar surface area (TPSA) is 109 Å². The molecule has 2 amide bonds. The van der Waals surface area contributed by atoms with Gasteiger partial charge in [-0.2, -0.15) is 0 Å². The summed E-state index contributed by atoms with van der Waals surface area (Å²) in [6.45, 7) is 0.250. The molecule has 1 aliphatic rings. The number of carboxylic acids is 1. The first-order valence-corrected chi connectivity index (χ1v) is 7.32. The molecule has 1 aromatic rings. The Bertz CT molecular complexity index is 592. The van der Waals surface area contributed by atoms with Gasteiger partial charge in [0.05, 0.1) is 17.4 Å². The van der Waals surface area contributed by atoms with Crippen LogP contribution in [0.15, 0.2) is 24.3 Å². The lowest BCUT2D eigenvalue weighted by Crippen LogP contribution is -2.45. The van der Waals surface area contributed by atoms with Crippen molar-refractivity contribution in [1.82, 2.24) is 5.32 Å². The summed E-state index contributed by atoms with van der Waals surface area (Å²) in [5.74, 6) is -1.63. The molecule has 2 rings (SSSR count). The highest BCUT2D eigenvalue weighted by atomic mass is 16.4. The molecule has 0 bridgehead atoms. The maximum Gasteiger partial charge on any atom is 0.335 e. The van der Waals surface area contributed by atoms with Crippen LogP contribution in [0.2, 0.25) is 0 Å². The summed E-state index contributed by atoms with van der Waals surface area (Å²) in [6.07, 6.45) is 3.38. The first kappa shape index (κ1) is 16.0. The second-order valence-electron chi connectivity index (χ2n) is 5.81. The first-order valence-electron chi connectivity index (χ1n) is 7.32. The van der Waals surface area contributed by atoms with Crippen LogP contribution < -0.4 is 11.1 Å². The van der Waals surface area contributed by atoms with Gasteiger partial charge in [-0.05, 0) is 30.5 Å². The Kier molecular flexibility index (Phi) is 4.80. The molecule has 0 radical (unpaired) electrons. The van der Waals surface area contributed by atoms with Gasteiger partial charge in [0.2, 0.25) is 11.8 Å². The number of hydrogen-bond donors (Lipinski definition) is 3. The SMILES string of the molecule is NC(=O)C1(CNC(=O)Cc2cccc(C(=O)O)c2)CCCC1. The average Bonchev–Trinajstić information content (AvgIpc) is 2.95. The minimum Gasteiger partial charge on any atom is -0.478 e. The largest absolute Gasteiger partial charge is 0.478 e. The average molecular weight is 304 g/mol. The quantitative estimate of drug-likeness (QED) is 0.730. The molecule has 1 saturated carbocycles. The highest BCUT2D eigenvalue weighted by Crippen LogP contribution is 2.37. The highest BCUT2D eigenvalue weighted by Gasteiger charge is 2.39. The van der Waals surface area contributed by atoms with Crippen LogP contribution in [-0.4, -0.2) is 29.4 Å². The Hall–Kier alpha value is -2.37. The van der Waals surface area contributed by atoms with Crippen LogP contribution in [0.25, 0.3) is 0 Å². The summed E-state index contributed by atoms with van der Waals surface area (Å²) in [5.41, 5.74) is 5.61. The number of carbonyl (C=O) groups excluding carboxylic acids is 2. The van der Waals surface area contributed by atoms with Gasteiger partial charge in [-0.25, -0.2) is 4.79 Å². The second-order valence-corrected chi connectivity index (χ2v) is 5.81. The molecule has 6 heteroatoms. The molecule has 4 N–H and O–H groups in total. The Morgan fingerprint density at radius 2 is 1.91 bits per heavy atom. The Morgan fingerprint density at radius 3 is 2.50 bits per heavy atom. The highest BCUT2D eigenvalue weighted by molar-refractivity contribution is 5.88. The molecule has 1 aliphatic carbocycles. The van der Waals surface area contributed by atoms with E-state index < -0.39 is 11.4 Å². The van der Waals surface area contributed by atoms with Gasteiger partial charge in [0.1, 0.15) is 0 Å². The molecule has 0 aliphatic heterocycles. The van der Waals surface area contributed by atoms with Gasteiger partial charge in [-0.3, -0.25) is 9.59 Å². The van der Waals surface area contributed by atoms with Crippen molar-refractivity contribution in [3.8, 4) is 0 Å². The number of benzene rings is 1. The van der Waals surface area contributed by atoms with E-state index in [-0.39, 0.29) is 30.3 Å². The third-order valence-electron chi connectivity index (χ3n) is 4.25. The van der Waals surface area contributed by atoms with Crippen LogP contribution in [0.4, 0.5) is 0 Å². The van der Waals surface area contributed by atoms with Gasteiger partial charge in [0.25, 0.3) is 0 Å². The van der Waals surface area contributed by atoms with Crippen LogP contribution in [0.3, 0.4) is 0 Å². The summed E-state index contributed by atoms with van der Waals surface area (Å²) in [6, 6.07) is 6.26. The van der Waals surface area contributed by atoms with Gasteiger partial charge in [-0.15, -0.1) is 0 Å². The van der Waals surface area contributed by atoms with Gasteiger partial charge >= 0.3 is 5.97 Å². The van der Waals surface area contributed by atoms with Crippen molar-refractivity contribution in [3.05, 3.63) is 35.4 Å². The van der Waals surface area contributed by atoms with E-state index in [1.54, 1.807) is 12.1 Å². The number of carbonyl (C=O) groups is 3. The lowest BCUT2D eigenvalue weighted by molar-refractivity contribution is -0.128. The summed E-state index contributed by atoms with van der Waals surface area (Å²) in [7, 11) is 0. The van der Waals surface area contributed by atoms with E-state index in [0.717, 1.165) is 12.8 Å². The predicted molar refractivity (Wildman–Crippen MR) is 80.2 cm³/mol.